The summed E-state index contributed by atoms with van der Waals surface area (Å²) in [6, 6.07) is 0.609. The molecule has 5 nitrogen and oxygen atoms in total. The van der Waals surface area contributed by atoms with Crippen LogP contribution in [0, 0.1) is 17.3 Å². The van der Waals surface area contributed by atoms with E-state index in [1.54, 1.807) is 0 Å². The molecule has 0 aromatic rings. The van der Waals surface area contributed by atoms with Gasteiger partial charge < -0.3 is 20.5 Å². The zero-order valence-electron chi connectivity index (χ0n) is 14.5. The Hall–Kier alpha value is -0.810. The van der Waals surface area contributed by atoms with Crippen molar-refractivity contribution in [1.29, 1.82) is 0 Å². The molecular formula is C18H33N3O2. The van der Waals surface area contributed by atoms with Crippen LogP contribution in [0.4, 0.5) is 0 Å². The standard InChI is InChI=1S/C18H33N3O2/c1-19-17(20-12-18(7-9-22)8-10-23-13-18)21-16-11-15(16)14-5-3-2-4-6-14/h14-16,22H,2-13H2,1H3,(H2,19,20,21). The maximum Gasteiger partial charge on any atom is 0.191 e. The lowest BCUT2D eigenvalue weighted by molar-refractivity contribution is 0.127. The van der Waals surface area contributed by atoms with Crippen molar-refractivity contribution in [2.45, 2.75) is 57.4 Å². The van der Waals surface area contributed by atoms with Crippen molar-refractivity contribution in [2.75, 3.05) is 33.4 Å². The van der Waals surface area contributed by atoms with E-state index in [4.69, 9.17) is 4.74 Å². The SMILES string of the molecule is CN=C(NCC1(CCO)CCOC1)NC1CC1C1CCCCC1. The van der Waals surface area contributed by atoms with Gasteiger partial charge in [-0.3, -0.25) is 4.99 Å². The second-order valence-electron chi connectivity index (χ2n) is 7.75. The van der Waals surface area contributed by atoms with Gasteiger partial charge in [-0.2, -0.15) is 0 Å². The van der Waals surface area contributed by atoms with Gasteiger partial charge in [-0.1, -0.05) is 32.1 Å². The van der Waals surface area contributed by atoms with Crippen LogP contribution in [0.25, 0.3) is 0 Å². The molecule has 3 atom stereocenters. The van der Waals surface area contributed by atoms with E-state index in [0.717, 1.165) is 50.4 Å². The maximum atomic E-state index is 9.32. The van der Waals surface area contributed by atoms with Gasteiger partial charge in [0.25, 0.3) is 0 Å². The summed E-state index contributed by atoms with van der Waals surface area (Å²) in [4.78, 5) is 4.39. The summed E-state index contributed by atoms with van der Waals surface area (Å²) in [7, 11) is 1.84. The van der Waals surface area contributed by atoms with Crippen molar-refractivity contribution in [2.24, 2.45) is 22.2 Å². The fraction of sp³-hybridized carbons (Fsp3) is 0.944. The average molecular weight is 323 g/mol. The number of rotatable bonds is 6. The van der Waals surface area contributed by atoms with Crippen molar-refractivity contribution < 1.29 is 9.84 Å². The Morgan fingerprint density at radius 1 is 1.30 bits per heavy atom. The van der Waals surface area contributed by atoms with Crippen molar-refractivity contribution in [3.8, 4) is 0 Å². The number of aliphatic hydroxyl groups excluding tert-OH is 1. The first kappa shape index (κ1) is 17.0. The molecule has 23 heavy (non-hydrogen) atoms. The summed E-state index contributed by atoms with van der Waals surface area (Å²) in [5.41, 5.74) is 0.0681. The predicted octanol–water partition coefficient (Wildman–Crippen LogP) is 1.91. The van der Waals surface area contributed by atoms with Crippen molar-refractivity contribution in [3.05, 3.63) is 0 Å². The molecule has 5 heteroatoms. The number of hydrogen-bond acceptors (Lipinski definition) is 3. The third-order valence-electron chi connectivity index (χ3n) is 6.10. The Kier molecular flexibility index (Phi) is 5.81. The lowest BCUT2D eigenvalue weighted by Gasteiger charge is -2.28. The second-order valence-corrected chi connectivity index (χ2v) is 7.75. The molecule has 3 rings (SSSR count). The van der Waals surface area contributed by atoms with E-state index in [9.17, 15) is 5.11 Å². The minimum atomic E-state index is 0.0681. The van der Waals surface area contributed by atoms with Gasteiger partial charge in [-0.25, -0.2) is 0 Å². The lowest BCUT2D eigenvalue weighted by Crippen LogP contribution is -2.45. The van der Waals surface area contributed by atoms with Crippen LogP contribution < -0.4 is 10.6 Å². The van der Waals surface area contributed by atoms with E-state index in [1.165, 1.54) is 38.5 Å². The largest absolute Gasteiger partial charge is 0.396 e. The fourth-order valence-corrected chi connectivity index (χ4v) is 4.42. The molecule has 2 saturated carbocycles. The van der Waals surface area contributed by atoms with E-state index in [-0.39, 0.29) is 12.0 Å². The Balaban J connectivity index is 1.44. The highest BCUT2D eigenvalue weighted by Crippen LogP contribution is 2.44. The third-order valence-corrected chi connectivity index (χ3v) is 6.10. The molecule has 0 radical (unpaired) electrons. The topological polar surface area (TPSA) is 65.9 Å². The summed E-state index contributed by atoms with van der Waals surface area (Å²) in [6.07, 6.45) is 10.2. The van der Waals surface area contributed by atoms with E-state index in [1.807, 2.05) is 7.05 Å². The van der Waals surface area contributed by atoms with Gasteiger partial charge in [-0.05, 0) is 31.1 Å². The molecule has 1 aliphatic heterocycles. The number of ether oxygens (including phenoxy) is 1. The van der Waals surface area contributed by atoms with Crippen LogP contribution in [0.15, 0.2) is 4.99 Å². The molecule has 3 aliphatic rings. The highest BCUT2D eigenvalue weighted by molar-refractivity contribution is 5.80. The molecular weight excluding hydrogens is 290 g/mol. The predicted molar refractivity (Wildman–Crippen MR) is 92.5 cm³/mol. The van der Waals surface area contributed by atoms with E-state index >= 15 is 0 Å². The number of hydrogen-bond donors (Lipinski definition) is 3. The minimum Gasteiger partial charge on any atom is -0.396 e. The van der Waals surface area contributed by atoms with Crippen LogP contribution in [0.5, 0.6) is 0 Å². The van der Waals surface area contributed by atoms with Gasteiger partial charge in [0.2, 0.25) is 0 Å². The normalized spacial score (nSPS) is 35.3. The van der Waals surface area contributed by atoms with Crippen LogP contribution in [0.1, 0.15) is 51.4 Å². The minimum absolute atomic E-state index is 0.0681. The summed E-state index contributed by atoms with van der Waals surface area (Å²) >= 11 is 0. The van der Waals surface area contributed by atoms with Gasteiger partial charge in [0.05, 0.1) is 6.61 Å². The van der Waals surface area contributed by atoms with Crippen LogP contribution in [0.2, 0.25) is 0 Å². The van der Waals surface area contributed by atoms with Gasteiger partial charge in [0.15, 0.2) is 5.96 Å². The van der Waals surface area contributed by atoms with Crippen LogP contribution in [-0.2, 0) is 4.74 Å². The van der Waals surface area contributed by atoms with Crippen molar-refractivity contribution >= 4 is 5.96 Å². The smallest absolute Gasteiger partial charge is 0.191 e. The number of aliphatic hydroxyl groups is 1. The number of guanidine groups is 1. The highest BCUT2D eigenvalue weighted by Gasteiger charge is 2.43. The molecule has 1 saturated heterocycles. The monoisotopic (exact) mass is 323 g/mol. The fourth-order valence-electron chi connectivity index (χ4n) is 4.42. The van der Waals surface area contributed by atoms with Gasteiger partial charge in [0, 0.05) is 38.3 Å². The molecule has 0 bridgehead atoms. The molecule has 3 N–H and O–H groups in total. The quantitative estimate of drug-likeness (QED) is 0.516. The zero-order valence-corrected chi connectivity index (χ0v) is 14.5. The molecule has 0 aromatic carbocycles. The maximum absolute atomic E-state index is 9.32. The first-order chi connectivity index (χ1) is 11.3. The first-order valence-electron chi connectivity index (χ1n) is 9.42. The van der Waals surface area contributed by atoms with Crippen LogP contribution in [-0.4, -0.2) is 50.5 Å². The van der Waals surface area contributed by atoms with E-state index < -0.39 is 0 Å². The highest BCUT2D eigenvalue weighted by atomic mass is 16.5. The average Bonchev–Trinajstić information content (AvgIpc) is 3.21. The van der Waals surface area contributed by atoms with Gasteiger partial charge >= 0.3 is 0 Å². The molecule has 1 heterocycles. The lowest BCUT2D eigenvalue weighted by atomic mass is 9.84. The zero-order chi connectivity index (χ0) is 16.1. The molecule has 3 unspecified atom stereocenters. The molecule has 132 valence electrons. The molecule has 0 aromatic heterocycles. The van der Waals surface area contributed by atoms with Crippen molar-refractivity contribution in [1.82, 2.24) is 10.6 Å². The number of nitrogens with one attached hydrogen (secondary N) is 2. The van der Waals surface area contributed by atoms with Crippen LogP contribution in [0.3, 0.4) is 0 Å². The van der Waals surface area contributed by atoms with E-state index in [2.05, 4.69) is 15.6 Å². The second kappa shape index (κ2) is 7.84. The van der Waals surface area contributed by atoms with Gasteiger partial charge in [-0.15, -0.1) is 0 Å². The molecule has 0 spiro atoms. The Morgan fingerprint density at radius 3 is 2.78 bits per heavy atom. The first-order valence-corrected chi connectivity index (χ1v) is 9.42. The molecule has 0 amide bonds. The number of nitrogens with zero attached hydrogens (tertiary/aromatic N) is 1. The summed E-state index contributed by atoms with van der Waals surface area (Å²) in [6.45, 7) is 2.60. The van der Waals surface area contributed by atoms with Gasteiger partial charge in [0.1, 0.15) is 0 Å². The summed E-state index contributed by atoms with van der Waals surface area (Å²) in [5, 5.41) is 16.4. The summed E-state index contributed by atoms with van der Waals surface area (Å²) in [5.74, 6) is 2.70. The molecule has 3 fully saturated rings. The summed E-state index contributed by atoms with van der Waals surface area (Å²) < 4.78 is 5.56. The Bertz CT molecular complexity index is 401. The van der Waals surface area contributed by atoms with Crippen molar-refractivity contribution in [3.63, 3.8) is 0 Å². The molecule has 2 aliphatic carbocycles. The van der Waals surface area contributed by atoms with E-state index in [0.29, 0.717) is 6.04 Å². The Morgan fingerprint density at radius 2 is 2.13 bits per heavy atom. The Labute approximate surface area is 140 Å². The number of aliphatic imine (C=N–C) groups is 1. The third kappa shape index (κ3) is 4.38. The van der Waals surface area contributed by atoms with Crippen LogP contribution >= 0.6 is 0 Å².